The van der Waals surface area contributed by atoms with Crippen LogP contribution in [0.5, 0.6) is 0 Å². The molecule has 0 radical (unpaired) electrons. The highest BCUT2D eigenvalue weighted by Crippen LogP contribution is 2.25. The van der Waals surface area contributed by atoms with Gasteiger partial charge in [0.05, 0.1) is 5.39 Å². The molecule has 2 nitrogen and oxygen atoms in total. The Morgan fingerprint density at radius 2 is 1.91 bits per heavy atom. The van der Waals surface area contributed by atoms with E-state index >= 15 is 0 Å². The van der Waals surface area contributed by atoms with Crippen molar-refractivity contribution in [3.63, 3.8) is 0 Å². The normalized spacial score (nSPS) is 10.5. The predicted molar refractivity (Wildman–Crippen MR) is 103 cm³/mol. The van der Waals surface area contributed by atoms with Gasteiger partial charge in [0.15, 0.2) is 10.5 Å². The summed E-state index contributed by atoms with van der Waals surface area (Å²) < 4.78 is 7.03. The van der Waals surface area contributed by atoms with Crippen LogP contribution in [0.3, 0.4) is 0 Å². The highest BCUT2D eigenvalue weighted by Gasteiger charge is 2.10. The minimum atomic E-state index is 0.0722. The number of hydrogen-bond acceptors (Lipinski definition) is 3. The molecule has 2 aromatic rings. The first kappa shape index (κ1) is 17.4. The first-order valence-electron chi connectivity index (χ1n) is 7.41. The van der Waals surface area contributed by atoms with Crippen LogP contribution in [-0.2, 0) is 0 Å². The van der Waals surface area contributed by atoms with Gasteiger partial charge in [-0.25, -0.2) is 0 Å². The number of rotatable bonds is 6. The summed E-state index contributed by atoms with van der Waals surface area (Å²) in [4.78, 5) is 12.3. The topological polar surface area (TPSA) is 30.2 Å². The lowest BCUT2D eigenvalue weighted by Gasteiger charge is -2.05. The summed E-state index contributed by atoms with van der Waals surface area (Å²) in [6.07, 6.45) is 4.08. The van der Waals surface area contributed by atoms with Crippen LogP contribution >= 0.6 is 34.4 Å². The van der Waals surface area contributed by atoms with Crippen molar-refractivity contribution >= 4 is 45.3 Å². The largest absolute Gasteiger partial charge is 0.449 e. The Morgan fingerprint density at radius 1 is 1.18 bits per heavy atom. The van der Waals surface area contributed by atoms with E-state index in [-0.39, 0.29) is 5.43 Å². The Morgan fingerprint density at radius 3 is 2.68 bits per heavy atom. The Hall–Kier alpha value is -0.930. The standard InChI is InChI=1S/C18H19IO2S/c1-14-17(20)15-10-6-7-11-16(15)21-18(14)22-13-9-5-3-2-4-8-12-19/h6-7,10-11H,4-5,8-9,12-13H2,1H3. The molecule has 0 N–H and O–H groups in total. The number of hydrogen-bond donors (Lipinski definition) is 0. The molecule has 0 atom stereocenters. The highest BCUT2D eigenvalue weighted by atomic mass is 127. The number of alkyl halides is 1. The van der Waals surface area contributed by atoms with Crippen molar-refractivity contribution in [2.75, 3.05) is 10.2 Å². The monoisotopic (exact) mass is 426 g/mol. The molecule has 4 heteroatoms. The quantitative estimate of drug-likeness (QED) is 0.209. The summed E-state index contributed by atoms with van der Waals surface area (Å²) in [5, 5.41) is 1.40. The fourth-order valence-corrected chi connectivity index (χ4v) is 3.32. The van der Waals surface area contributed by atoms with Gasteiger partial charge in [-0.2, -0.15) is 0 Å². The van der Waals surface area contributed by atoms with Crippen molar-refractivity contribution in [1.29, 1.82) is 0 Å². The second kappa shape index (κ2) is 9.26. The van der Waals surface area contributed by atoms with Crippen molar-refractivity contribution in [3.05, 3.63) is 40.1 Å². The lowest BCUT2D eigenvalue weighted by molar-refractivity contribution is 0.492. The van der Waals surface area contributed by atoms with Gasteiger partial charge in [0.1, 0.15) is 5.58 Å². The number of benzene rings is 1. The molecule has 0 saturated heterocycles. The number of halogens is 1. The molecule has 1 aromatic carbocycles. The highest BCUT2D eigenvalue weighted by molar-refractivity contribution is 14.1. The van der Waals surface area contributed by atoms with Crippen molar-refractivity contribution in [3.8, 4) is 11.8 Å². The van der Waals surface area contributed by atoms with Crippen LogP contribution in [0.25, 0.3) is 11.0 Å². The van der Waals surface area contributed by atoms with Crippen LogP contribution in [0.2, 0.25) is 0 Å². The van der Waals surface area contributed by atoms with E-state index in [0.29, 0.717) is 16.5 Å². The van der Waals surface area contributed by atoms with Crippen LogP contribution in [0, 0.1) is 18.8 Å². The van der Waals surface area contributed by atoms with Crippen LogP contribution in [0.15, 0.2) is 38.6 Å². The summed E-state index contributed by atoms with van der Waals surface area (Å²) in [6, 6.07) is 7.41. The van der Waals surface area contributed by atoms with Gasteiger partial charge >= 0.3 is 0 Å². The minimum absolute atomic E-state index is 0.0722. The molecule has 22 heavy (non-hydrogen) atoms. The van der Waals surface area contributed by atoms with E-state index in [4.69, 9.17) is 4.42 Å². The smallest absolute Gasteiger partial charge is 0.196 e. The van der Waals surface area contributed by atoms with Crippen LogP contribution in [0.4, 0.5) is 0 Å². The molecule has 0 spiro atoms. The second-order valence-corrected chi connectivity index (χ2v) is 7.08. The summed E-state index contributed by atoms with van der Waals surface area (Å²) in [5.41, 5.74) is 1.44. The van der Waals surface area contributed by atoms with Gasteiger partial charge in [-0.05, 0) is 31.9 Å². The van der Waals surface area contributed by atoms with Crippen molar-refractivity contribution in [2.45, 2.75) is 37.7 Å². The molecule has 0 aliphatic heterocycles. The Kier molecular flexibility index (Phi) is 7.34. The van der Waals surface area contributed by atoms with Gasteiger partial charge in [-0.1, -0.05) is 46.5 Å². The van der Waals surface area contributed by atoms with E-state index in [1.807, 2.05) is 31.2 Å². The SMILES string of the molecule is Cc1c(SCCCC#CCCCI)oc2ccccc2c1=O. The maximum absolute atomic E-state index is 12.3. The minimum Gasteiger partial charge on any atom is -0.449 e. The molecule has 0 aliphatic carbocycles. The molecule has 0 bridgehead atoms. The zero-order valence-electron chi connectivity index (χ0n) is 12.7. The first-order valence-corrected chi connectivity index (χ1v) is 9.92. The lowest BCUT2D eigenvalue weighted by atomic mass is 10.2. The third kappa shape index (κ3) is 4.79. The van der Waals surface area contributed by atoms with Gasteiger partial charge in [0, 0.05) is 28.6 Å². The molecule has 116 valence electrons. The molecule has 0 aliphatic rings. The van der Waals surface area contributed by atoms with Gasteiger partial charge < -0.3 is 4.42 Å². The molecule has 2 rings (SSSR count). The third-order valence-electron chi connectivity index (χ3n) is 3.22. The number of para-hydroxylation sites is 1. The molecule has 1 aromatic heterocycles. The predicted octanol–water partition coefficient (Wildman–Crippen LogP) is 5.19. The van der Waals surface area contributed by atoms with E-state index < -0.39 is 0 Å². The van der Waals surface area contributed by atoms with Crippen LogP contribution in [-0.4, -0.2) is 10.2 Å². The number of fused-ring (bicyclic) bond motifs is 1. The summed E-state index contributed by atoms with van der Waals surface area (Å²) >= 11 is 3.98. The molecular weight excluding hydrogens is 407 g/mol. The fourth-order valence-electron chi connectivity index (χ4n) is 2.01. The molecule has 0 amide bonds. The van der Waals surface area contributed by atoms with E-state index in [1.54, 1.807) is 11.8 Å². The summed E-state index contributed by atoms with van der Waals surface area (Å²) in [6.45, 7) is 1.84. The third-order valence-corrected chi connectivity index (χ3v) is 5.13. The number of thioether (sulfide) groups is 1. The van der Waals surface area contributed by atoms with Crippen LogP contribution in [0.1, 0.15) is 31.2 Å². The Bertz CT molecular complexity index is 740. The van der Waals surface area contributed by atoms with Crippen molar-refractivity contribution in [1.82, 2.24) is 0 Å². The molecular formula is C18H19IO2S. The molecule has 1 heterocycles. The number of unbranched alkanes of at least 4 members (excludes halogenated alkanes) is 2. The van der Waals surface area contributed by atoms with Gasteiger partial charge in [-0.15, -0.1) is 11.8 Å². The maximum atomic E-state index is 12.3. The second-order valence-electron chi connectivity index (χ2n) is 4.94. The molecule has 0 saturated carbocycles. The van der Waals surface area contributed by atoms with E-state index in [2.05, 4.69) is 34.4 Å². The lowest BCUT2D eigenvalue weighted by Crippen LogP contribution is -2.06. The van der Waals surface area contributed by atoms with E-state index in [9.17, 15) is 4.79 Å². The molecule has 0 fully saturated rings. The fraction of sp³-hybridized carbons (Fsp3) is 0.389. The van der Waals surface area contributed by atoms with Gasteiger partial charge in [0.2, 0.25) is 0 Å². The van der Waals surface area contributed by atoms with Crippen LogP contribution < -0.4 is 5.43 Å². The average molecular weight is 426 g/mol. The van der Waals surface area contributed by atoms with Gasteiger partial charge in [-0.3, -0.25) is 4.79 Å². The Labute approximate surface area is 149 Å². The first-order chi connectivity index (χ1) is 10.7. The average Bonchev–Trinajstić information content (AvgIpc) is 2.54. The van der Waals surface area contributed by atoms with Gasteiger partial charge in [0.25, 0.3) is 0 Å². The zero-order chi connectivity index (χ0) is 15.8. The molecule has 0 unspecified atom stereocenters. The zero-order valence-corrected chi connectivity index (χ0v) is 15.6. The van der Waals surface area contributed by atoms with Crippen molar-refractivity contribution < 1.29 is 4.42 Å². The summed E-state index contributed by atoms with van der Waals surface area (Å²) in [5.74, 6) is 7.31. The Balaban J connectivity index is 1.93. The van der Waals surface area contributed by atoms with E-state index in [0.717, 1.165) is 30.1 Å². The maximum Gasteiger partial charge on any atom is 0.196 e. The van der Waals surface area contributed by atoms with Crippen molar-refractivity contribution in [2.24, 2.45) is 0 Å². The van der Waals surface area contributed by atoms with E-state index in [1.165, 1.54) is 10.8 Å². The summed E-state index contributed by atoms with van der Waals surface area (Å²) in [7, 11) is 0.